The van der Waals surface area contributed by atoms with Gasteiger partial charge in [0.2, 0.25) is 0 Å². The molecule has 140 valence electrons. The van der Waals surface area contributed by atoms with Gasteiger partial charge in [-0.3, -0.25) is 0 Å². The molecule has 1 N–H and O–H groups in total. The number of nitrogens with zero attached hydrogens (tertiary/aromatic N) is 1. The topological polar surface area (TPSA) is 32.7 Å². The number of β-amino-alcohol motifs (C(OH)–C–C–N with tert-alkyl or cyclic N) is 1. The molecule has 1 aliphatic rings. The molecule has 0 fully saturated rings. The number of alkyl halides is 3. The zero-order valence-corrected chi connectivity index (χ0v) is 13.2. The van der Waals surface area contributed by atoms with Crippen LogP contribution < -0.4 is 9.64 Å². The molecule has 3 nitrogen and oxygen atoms in total. The predicted molar refractivity (Wildman–Crippen MR) is 81.5 cm³/mol. The minimum absolute atomic E-state index is 0.0146. The van der Waals surface area contributed by atoms with Gasteiger partial charge in [-0.05, 0) is 23.8 Å². The quantitative estimate of drug-likeness (QED) is 0.651. The maximum Gasteiger partial charge on any atom is 0.416 e. The Bertz CT molecular complexity index is 800. The van der Waals surface area contributed by atoms with Crippen LogP contribution in [0.1, 0.15) is 0 Å². The van der Waals surface area contributed by atoms with E-state index in [1.807, 2.05) is 0 Å². The SMILES string of the molecule is O[C@@H](CN1CCOc2c(-c3cc(F)c(F)c(F)c3)cccc21)C(F)(F)F. The highest BCUT2D eigenvalue weighted by atomic mass is 19.4. The number of halogens is 6. The Labute approximate surface area is 144 Å². The summed E-state index contributed by atoms with van der Waals surface area (Å²) in [6.07, 6.45) is -7.34. The van der Waals surface area contributed by atoms with Crippen molar-refractivity contribution in [1.82, 2.24) is 0 Å². The van der Waals surface area contributed by atoms with E-state index >= 15 is 0 Å². The second kappa shape index (κ2) is 6.71. The normalized spacial score (nSPS) is 15.4. The van der Waals surface area contributed by atoms with E-state index in [2.05, 4.69) is 0 Å². The van der Waals surface area contributed by atoms with Crippen molar-refractivity contribution in [2.24, 2.45) is 0 Å². The number of hydrogen-bond acceptors (Lipinski definition) is 3. The van der Waals surface area contributed by atoms with Crippen LogP contribution in [-0.4, -0.2) is 37.1 Å². The van der Waals surface area contributed by atoms with Crippen LogP contribution in [0.4, 0.5) is 32.0 Å². The fourth-order valence-electron chi connectivity index (χ4n) is 2.74. The van der Waals surface area contributed by atoms with Crippen LogP contribution in [0.2, 0.25) is 0 Å². The average molecular weight is 377 g/mol. The lowest BCUT2D eigenvalue weighted by molar-refractivity contribution is -0.200. The third-order valence-electron chi connectivity index (χ3n) is 4.01. The van der Waals surface area contributed by atoms with Crippen LogP contribution in [0.5, 0.6) is 5.75 Å². The largest absolute Gasteiger partial charge is 0.489 e. The number of benzene rings is 2. The first-order valence-corrected chi connectivity index (χ1v) is 7.59. The van der Waals surface area contributed by atoms with Crippen molar-refractivity contribution in [1.29, 1.82) is 0 Å². The van der Waals surface area contributed by atoms with Crippen molar-refractivity contribution in [3.05, 3.63) is 47.8 Å². The summed E-state index contributed by atoms with van der Waals surface area (Å²) >= 11 is 0. The maximum absolute atomic E-state index is 13.5. The van der Waals surface area contributed by atoms with Crippen molar-refractivity contribution in [2.75, 3.05) is 24.6 Å². The lowest BCUT2D eigenvalue weighted by Crippen LogP contribution is -2.44. The minimum atomic E-state index is -4.78. The molecule has 0 bridgehead atoms. The molecule has 0 aliphatic carbocycles. The zero-order valence-electron chi connectivity index (χ0n) is 13.2. The van der Waals surface area contributed by atoms with Gasteiger partial charge in [-0.15, -0.1) is 0 Å². The third-order valence-corrected chi connectivity index (χ3v) is 4.01. The van der Waals surface area contributed by atoms with E-state index in [1.165, 1.54) is 23.1 Å². The molecular formula is C17H13F6NO2. The Morgan fingerprint density at radius 1 is 1.12 bits per heavy atom. The summed E-state index contributed by atoms with van der Waals surface area (Å²) in [5.41, 5.74) is 0.421. The first kappa shape index (κ1) is 18.4. The van der Waals surface area contributed by atoms with Gasteiger partial charge in [0, 0.05) is 5.56 Å². The molecule has 9 heteroatoms. The monoisotopic (exact) mass is 377 g/mol. The van der Waals surface area contributed by atoms with Crippen LogP contribution in [0, 0.1) is 17.5 Å². The fourth-order valence-corrected chi connectivity index (χ4v) is 2.74. The van der Waals surface area contributed by atoms with E-state index in [1.54, 1.807) is 0 Å². The van der Waals surface area contributed by atoms with E-state index < -0.39 is 36.3 Å². The first-order valence-electron chi connectivity index (χ1n) is 7.59. The lowest BCUT2D eigenvalue weighted by atomic mass is 10.0. The van der Waals surface area contributed by atoms with Gasteiger partial charge in [-0.2, -0.15) is 13.2 Å². The van der Waals surface area contributed by atoms with Gasteiger partial charge in [-0.25, -0.2) is 13.2 Å². The van der Waals surface area contributed by atoms with Gasteiger partial charge in [0.05, 0.1) is 18.8 Å². The van der Waals surface area contributed by atoms with Crippen LogP contribution in [0.15, 0.2) is 30.3 Å². The number of anilines is 1. The van der Waals surface area contributed by atoms with Crippen molar-refractivity contribution in [3.63, 3.8) is 0 Å². The van der Waals surface area contributed by atoms with Crippen LogP contribution >= 0.6 is 0 Å². The first-order chi connectivity index (χ1) is 12.2. The number of ether oxygens (including phenoxy) is 1. The Morgan fingerprint density at radius 3 is 2.38 bits per heavy atom. The third kappa shape index (κ3) is 3.44. The number of rotatable bonds is 3. The minimum Gasteiger partial charge on any atom is -0.489 e. The molecule has 1 heterocycles. The highest BCUT2D eigenvalue weighted by molar-refractivity contribution is 5.79. The molecule has 2 aromatic rings. The van der Waals surface area contributed by atoms with Gasteiger partial charge in [0.25, 0.3) is 0 Å². The summed E-state index contributed by atoms with van der Waals surface area (Å²) in [7, 11) is 0. The second-order valence-corrected chi connectivity index (χ2v) is 5.76. The van der Waals surface area contributed by atoms with Crippen LogP contribution in [0.3, 0.4) is 0 Å². The number of fused-ring (bicyclic) bond motifs is 1. The molecule has 1 aliphatic heterocycles. The second-order valence-electron chi connectivity index (χ2n) is 5.76. The van der Waals surface area contributed by atoms with Gasteiger partial charge >= 0.3 is 6.18 Å². The molecule has 0 saturated carbocycles. The number of aliphatic hydroxyl groups excluding tert-OH is 1. The number of para-hydroxylation sites is 1. The Hall–Kier alpha value is -2.42. The van der Waals surface area contributed by atoms with E-state index in [-0.39, 0.29) is 35.7 Å². The van der Waals surface area contributed by atoms with Gasteiger partial charge in [0.15, 0.2) is 29.3 Å². The summed E-state index contributed by atoms with van der Waals surface area (Å²) in [4.78, 5) is 1.27. The molecule has 1 atom stereocenters. The zero-order chi connectivity index (χ0) is 19.1. The average Bonchev–Trinajstić information content (AvgIpc) is 2.58. The van der Waals surface area contributed by atoms with Crippen molar-refractivity contribution in [2.45, 2.75) is 12.3 Å². The Kier molecular flexibility index (Phi) is 4.74. The van der Waals surface area contributed by atoms with Gasteiger partial charge in [0.1, 0.15) is 6.61 Å². The van der Waals surface area contributed by atoms with Crippen LogP contribution in [0.25, 0.3) is 11.1 Å². The summed E-state index contributed by atoms with van der Waals surface area (Å²) in [6.45, 7) is -0.605. The summed E-state index contributed by atoms with van der Waals surface area (Å²) < 4.78 is 83.5. The molecule has 0 amide bonds. The van der Waals surface area contributed by atoms with E-state index in [9.17, 15) is 31.4 Å². The van der Waals surface area contributed by atoms with Crippen molar-refractivity contribution < 1.29 is 36.2 Å². The lowest BCUT2D eigenvalue weighted by Gasteiger charge is -2.34. The van der Waals surface area contributed by atoms with E-state index in [4.69, 9.17) is 4.74 Å². The molecule has 0 radical (unpaired) electrons. The molecule has 26 heavy (non-hydrogen) atoms. The summed E-state index contributed by atoms with van der Waals surface area (Å²) in [6, 6.07) is 5.95. The summed E-state index contributed by atoms with van der Waals surface area (Å²) in [5, 5.41) is 9.30. The van der Waals surface area contributed by atoms with Crippen molar-refractivity contribution in [3.8, 4) is 16.9 Å². The maximum atomic E-state index is 13.5. The van der Waals surface area contributed by atoms with Crippen LogP contribution in [-0.2, 0) is 0 Å². The molecule has 0 unspecified atom stereocenters. The van der Waals surface area contributed by atoms with Gasteiger partial charge < -0.3 is 14.7 Å². The van der Waals surface area contributed by atoms with Gasteiger partial charge in [-0.1, -0.05) is 12.1 Å². The molecule has 3 rings (SSSR count). The highest BCUT2D eigenvalue weighted by Gasteiger charge is 2.40. The Morgan fingerprint density at radius 2 is 1.77 bits per heavy atom. The molecule has 2 aromatic carbocycles. The van der Waals surface area contributed by atoms with E-state index in [0.717, 1.165) is 12.1 Å². The smallest absolute Gasteiger partial charge is 0.416 e. The van der Waals surface area contributed by atoms with E-state index in [0.29, 0.717) is 0 Å². The molecule has 0 saturated heterocycles. The molecule has 0 spiro atoms. The molecular weight excluding hydrogens is 364 g/mol. The fraction of sp³-hybridized carbons (Fsp3) is 0.294. The predicted octanol–water partition coefficient (Wildman–Crippen LogP) is 3.89. The molecule has 0 aromatic heterocycles. The highest BCUT2D eigenvalue weighted by Crippen LogP contribution is 2.41. The standard InChI is InChI=1S/C17H13F6NO2/c18-11-6-9(7-12(19)15(11)20)10-2-1-3-13-16(10)26-5-4-24(13)8-14(25)17(21,22)23/h1-3,6-7,14,25H,4-5,8H2/t14-/m0/s1. The summed E-state index contributed by atoms with van der Waals surface area (Å²) in [5.74, 6) is -4.29. The number of hydrogen-bond donors (Lipinski definition) is 1. The Balaban J connectivity index is 2.01. The van der Waals surface area contributed by atoms with Crippen molar-refractivity contribution >= 4 is 5.69 Å². The number of aliphatic hydroxyl groups is 1.